The van der Waals surface area contributed by atoms with Crippen LogP contribution >= 0.6 is 0 Å². The van der Waals surface area contributed by atoms with Crippen LogP contribution in [0.15, 0.2) is 12.1 Å². The minimum atomic E-state index is 0.831. The molecule has 0 aliphatic rings. The van der Waals surface area contributed by atoms with Gasteiger partial charge in [-0.15, -0.1) is 0 Å². The molecule has 1 aromatic carbocycles. The Kier molecular flexibility index (Phi) is 22.9. The molecule has 0 amide bonds. The van der Waals surface area contributed by atoms with E-state index in [1.165, 1.54) is 160 Å². The van der Waals surface area contributed by atoms with Gasteiger partial charge in [0.1, 0.15) is 10.5 Å². The Balaban J connectivity index is 2.77. The van der Waals surface area contributed by atoms with Crippen molar-refractivity contribution in [3.63, 3.8) is 0 Å². The minimum Gasteiger partial charge on any atom is -0.424 e. The van der Waals surface area contributed by atoms with E-state index in [9.17, 15) is 0 Å². The molecular weight excluding hydrogens is 452 g/mol. The minimum absolute atomic E-state index is 0.831. The summed E-state index contributed by atoms with van der Waals surface area (Å²) in [5.41, 5.74) is 6.59. The standard InChI is InChI=1S/C34H64OSi/c1-4-7-10-13-16-19-22-25-31-28-29-32(30-35-36)34(27-24-21-18-15-12-9-6-3)33(31)26-23-20-17-14-11-8-5-2/h28-29H,4-27,30H2,1-3,36H3. The van der Waals surface area contributed by atoms with E-state index in [1.54, 1.807) is 16.7 Å². The first-order chi connectivity index (χ1) is 17.8. The maximum atomic E-state index is 5.80. The molecule has 0 aliphatic heterocycles. The summed E-state index contributed by atoms with van der Waals surface area (Å²) in [6.45, 7) is 7.77. The third-order valence-electron chi connectivity index (χ3n) is 8.04. The lowest BCUT2D eigenvalue weighted by molar-refractivity contribution is 0.336. The summed E-state index contributed by atoms with van der Waals surface area (Å²) in [5, 5.41) is 0. The molecule has 0 bridgehead atoms. The zero-order valence-corrected chi connectivity index (χ0v) is 27.2. The molecule has 0 aromatic heterocycles. The van der Waals surface area contributed by atoms with Crippen LogP contribution in [-0.4, -0.2) is 10.5 Å². The van der Waals surface area contributed by atoms with Crippen molar-refractivity contribution >= 4 is 10.5 Å². The highest BCUT2D eigenvalue weighted by molar-refractivity contribution is 5.97. The van der Waals surface area contributed by atoms with Gasteiger partial charge in [0, 0.05) is 0 Å². The molecule has 0 saturated heterocycles. The average Bonchev–Trinajstić information content (AvgIpc) is 2.89. The highest BCUT2D eigenvalue weighted by atomic mass is 28.2. The summed E-state index contributed by atoms with van der Waals surface area (Å²) in [7, 11) is 0.831. The van der Waals surface area contributed by atoms with Crippen LogP contribution in [0.1, 0.15) is 178 Å². The topological polar surface area (TPSA) is 9.23 Å². The van der Waals surface area contributed by atoms with Gasteiger partial charge in [0.15, 0.2) is 0 Å². The lowest BCUT2D eigenvalue weighted by atomic mass is 9.87. The van der Waals surface area contributed by atoms with Gasteiger partial charge in [-0.05, 0) is 60.8 Å². The molecular formula is C34H64OSi. The van der Waals surface area contributed by atoms with Crippen molar-refractivity contribution in [2.75, 3.05) is 0 Å². The summed E-state index contributed by atoms with van der Waals surface area (Å²) in [4.78, 5) is 0. The second-order valence-corrected chi connectivity index (χ2v) is 12.0. The summed E-state index contributed by atoms with van der Waals surface area (Å²) >= 11 is 0. The average molecular weight is 517 g/mol. The Morgan fingerprint density at radius 1 is 0.444 bits per heavy atom. The van der Waals surface area contributed by atoms with E-state index in [4.69, 9.17) is 4.43 Å². The molecule has 0 radical (unpaired) electrons. The van der Waals surface area contributed by atoms with E-state index in [0.717, 1.165) is 17.1 Å². The van der Waals surface area contributed by atoms with Crippen LogP contribution < -0.4 is 0 Å². The van der Waals surface area contributed by atoms with Crippen molar-refractivity contribution < 1.29 is 4.43 Å². The number of unbranched alkanes of at least 4 members (excludes halogenated alkanes) is 18. The molecule has 36 heavy (non-hydrogen) atoms. The van der Waals surface area contributed by atoms with E-state index >= 15 is 0 Å². The molecule has 0 heterocycles. The van der Waals surface area contributed by atoms with E-state index in [0.29, 0.717) is 0 Å². The van der Waals surface area contributed by atoms with Gasteiger partial charge >= 0.3 is 0 Å². The summed E-state index contributed by atoms with van der Waals surface area (Å²) < 4.78 is 5.80. The first-order valence-corrected chi connectivity index (χ1v) is 17.2. The number of hydrogen-bond acceptors (Lipinski definition) is 1. The fourth-order valence-electron chi connectivity index (χ4n) is 5.73. The van der Waals surface area contributed by atoms with Crippen LogP contribution in [0.2, 0.25) is 0 Å². The Labute approximate surface area is 230 Å². The lowest BCUT2D eigenvalue weighted by Gasteiger charge is -2.20. The van der Waals surface area contributed by atoms with Crippen LogP contribution in [0.25, 0.3) is 0 Å². The third kappa shape index (κ3) is 16.3. The highest BCUT2D eigenvalue weighted by Crippen LogP contribution is 2.27. The van der Waals surface area contributed by atoms with Gasteiger partial charge in [-0.25, -0.2) is 0 Å². The number of aryl methyl sites for hydroxylation is 1. The molecule has 1 nitrogen and oxygen atoms in total. The molecule has 210 valence electrons. The van der Waals surface area contributed by atoms with Gasteiger partial charge in [0.05, 0.1) is 6.61 Å². The van der Waals surface area contributed by atoms with E-state index in [1.807, 2.05) is 0 Å². The predicted octanol–water partition coefficient (Wildman–Crippen LogP) is 10.4. The Hall–Kier alpha value is -0.603. The Morgan fingerprint density at radius 3 is 1.19 bits per heavy atom. The molecule has 0 saturated carbocycles. The molecule has 0 N–H and O–H groups in total. The van der Waals surface area contributed by atoms with Crippen LogP contribution in [0.5, 0.6) is 0 Å². The third-order valence-corrected chi connectivity index (χ3v) is 8.32. The second kappa shape index (κ2) is 24.7. The summed E-state index contributed by atoms with van der Waals surface area (Å²) in [6.07, 6.45) is 33.2. The zero-order chi connectivity index (χ0) is 26.1. The van der Waals surface area contributed by atoms with Gasteiger partial charge in [-0.3, -0.25) is 0 Å². The molecule has 0 spiro atoms. The first-order valence-electron chi connectivity index (χ1n) is 16.4. The molecule has 2 heteroatoms. The van der Waals surface area contributed by atoms with Crippen molar-refractivity contribution in [1.82, 2.24) is 0 Å². The van der Waals surface area contributed by atoms with Gasteiger partial charge < -0.3 is 4.43 Å². The van der Waals surface area contributed by atoms with Gasteiger partial charge in [-0.1, -0.05) is 148 Å². The second-order valence-electron chi connectivity index (χ2n) is 11.4. The van der Waals surface area contributed by atoms with E-state index in [-0.39, 0.29) is 0 Å². The van der Waals surface area contributed by atoms with Crippen molar-refractivity contribution in [3.05, 3.63) is 34.4 Å². The Bertz CT molecular complexity index is 611. The van der Waals surface area contributed by atoms with Crippen molar-refractivity contribution in [1.29, 1.82) is 0 Å². The van der Waals surface area contributed by atoms with Crippen LogP contribution in [0, 0.1) is 0 Å². The van der Waals surface area contributed by atoms with Gasteiger partial charge in [0.25, 0.3) is 0 Å². The quantitative estimate of drug-likeness (QED) is 0.0878. The van der Waals surface area contributed by atoms with Gasteiger partial charge in [0.2, 0.25) is 0 Å². The maximum Gasteiger partial charge on any atom is 0.146 e. The zero-order valence-electron chi connectivity index (χ0n) is 25.2. The highest BCUT2D eigenvalue weighted by Gasteiger charge is 2.13. The Morgan fingerprint density at radius 2 is 0.778 bits per heavy atom. The molecule has 0 aliphatic carbocycles. The van der Waals surface area contributed by atoms with Crippen molar-refractivity contribution in [2.24, 2.45) is 0 Å². The van der Waals surface area contributed by atoms with E-state index < -0.39 is 0 Å². The van der Waals surface area contributed by atoms with E-state index in [2.05, 4.69) is 32.9 Å². The smallest absolute Gasteiger partial charge is 0.146 e. The molecule has 0 unspecified atom stereocenters. The van der Waals surface area contributed by atoms with Crippen LogP contribution in [0.4, 0.5) is 0 Å². The fraction of sp³-hybridized carbons (Fsp3) is 0.824. The first kappa shape index (κ1) is 33.4. The molecule has 0 atom stereocenters. The predicted molar refractivity (Wildman–Crippen MR) is 166 cm³/mol. The SMILES string of the molecule is CCCCCCCCCc1ccc(CO[SiH3])c(CCCCCCCCC)c1CCCCCCCCC. The number of rotatable bonds is 26. The maximum absolute atomic E-state index is 5.80. The normalized spacial score (nSPS) is 11.5. The molecule has 0 fully saturated rings. The number of hydrogen-bond donors (Lipinski definition) is 0. The summed E-state index contributed by atoms with van der Waals surface area (Å²) in [6, 6.07) is 4.91. The lowest BCUT2D eigenvalue weighted by Crippen LogP contribution is -2.07. The van der Waals surface area contributed by atoms with Crippen molar-refractivity contribution in [3.8, 4) is 0 Å². The van der Waals surface area contributed by atoms with Gasteiger partial charge in [-0.2, -0.15) is 0 Å². The summed E-state index contributed by atoms with van der Waals surface area (Å²) in [5.74, 6) is 0. The molecule has 1 aromatic rings. The largest absolute Gasteiger partial charge is 0.424 e. The van der Waals surface area contributed by atoms with Crippen LogP contribution in [0.3, 0.4) is 0 Å². The monoisotopic (exact) mass is 516 g/mol. The van der Waals surface area contributed by atoms with Crippen LogP contribution in [-0.2, 0) is 30.3 Å². The fourth-order valence-corrected chi connectivity index (χ4v) is 6.04. The number of benzene rings is 1. The molecule has 1 rings (SSSR count). The van der Waals surface area contributed by atoms with Crippen molar-refractivity contribution in [2.45, 2.75) is 181 Å².